The molecule has 0 bridgehead atoms. The van der Waals surface area contributed by atoms with Gasteiger partial charge in [0.15, 0.2) is 20.0 Å². The third kappa shape index (κ3) is 8.74. The lowest BCUT2D eigenvalue weighted by Crippen LogP contribution is -2.06. The Kier molecular flexibility index (Phi) is 10.6. The molecule has 54 heavy (non-hydrogen) atoms. The monoisotopic (exact) mass is 781 g/mol. The molecule has 0 aromatic heterocycles. The van der Waals surface area contributed by atoms with Gasteiger partial charge in [-0.3, -0.25) is 20.2 Å². The average molecular weight is 782 g/mol. The van der Waals surface area contributed by atoms with E-state index < -0.39 is 25.2 Å². The summed E-state index contributed by atoms with van der Waals surface area (Å²) in [5, 5.41) is 22.6. The first-order valence-electron chi connectivity index (χ1n) is 15.9. The van der Waals surface area contributed by atoms with Crippen LogP contribution < -0.4 is 27.6 Å². The van der Waals surface area contributed by atoms with E-state index >= 15 is 0 Å². The molecule has 1 unspecified atom stereocenters. The van der Waals surface area contributed by atoms with Gasteiger partial charge in [0.05, 0.1) is 9.85 Å². The van der Waals surface area contributed by atoms with Gasteiger partial charge >= 0.3 is 15.3 Å². The summed E-state index contributed by atoms with van der Waals surface area (Å²) in [6.45, 7) is 0. The second kappa shape index (κ2) is 16.0. The van der Waals surface area contributed by atoms with Crippen LogP contribution in [0.25, 0.3) is 0 Å². The number of hydrogen-bond acceptors (Lipinski definition) is 13. The van der Waals surface area contributed by atoms with Crippen LogP contribution in [-0.2, 0) is 0 Å². The molecular formula is C36H26N5O10P3. The van der Waals surface area contributed by atoms with Crippen molar-refractivity contribution >= 4 is 35.2 Å². The Hall–Kier alpha value is -6.52. The lowest BCUT2D eigenvalue weighted by molar-refractivity contribution is -0.385. The molecule has 7 rings (SSSR count). The van der Waals surface area contributed by atoms with Crippen LogP contribution in [0.5, 0.6) is 46.0 Å². The Morgan fingerprint density at radius 1 is 0.463 bits per heavy atom. The molecule has 0 amide bonds. The number of rotatable bonds is 14. The van der Waals surface area contributed by atoms with E-state index in [1.165, 1.54) is 48.5 Å². The van der Waals surface area contributed by atoms with E-state index in [1.807, 2.05) is 18.2 Å². The van der Waals surface area contributed by atoms with Gasteiger partial charge < -0.3 is 27.6 Å². The summed E-state index contributed by atoms with van der Waals surface area (Å²) in [4.78, 5) is 21.6. The van der Waals surface area contributed by atoms with Crippen LogP contribution in [0.2, 0.25) is 0 Å². The summed E-state index contributed by atoms with van der Waals surface area (Å²) in [5.74, 6) is 1.89. The molecule has 18 heteroatoms. The van der Waals surface area contributed by atoms with Crippen LogP contribution in [0.15, 0.2) is 171 Å². The van der Waals surface area contributed by atoms with Gasteiger partial charge in [0.25, 0.3) is 11.4 Å². The Balaban J connectivity index is 1.37. The standard InChI is InChI=1S/C36H26N5O10P3/c42-40(43)27-19-23-29(24-20-27)46-34-17-10-18-35(36(34)47-30-25-21-28(22-26-30)41(44)45)51-54(50-33-15-8-3-9-16-33)38-52-37-53(39-54,48-31-11-4-1-5-12-31)49-32-13-6-2-7-14-32/h1-26H. The molecule has 1 atom stereocenters. The predicted molar refractivity (Wildman–Crippen MR) is 203 cm³/mol. The highest BCUT2D eigenvalue weighted by Crippen LogP contribution is 2.71. The highest BCUT2D eigenvalue weighted by molar-refractivity contribution is 7.73. The fourth-order valence-electron chi connectivity index (χ4n) is 4.73. The fourth-order valence-corrected chi connectivity index (χ4v) is 10.9. The number of nitro benzene ring substituents is 2. The van der Waals surface area contributed by atoms with Crippen molar-refractivity contribution in [2.24, 2.45) is 13.5 Å². The van der Waals surface area contributed by atoms with E-state index in [0.717, 1.165) is 0 Å². The fraction of sp³-hybridized carbons (Fsp3) is 0. The maximum absolute atomic E-state index is 11.4. The summed E-state index contributed by atoms with van der Waals surface area (Å²) in [5.41, 5.74) is -0.269. The lowest BCUT2D eigenvalue weighted by Gasteiger charge is -2.28. The van der Waals surface area contributed by atoms with Gasteiger partial charge in [-0.25, -0.2) is 0 Å². The quantitative estimate of drug-likeness (QED) is 0.0586. The molecule has 0 aliphatic carbocycles. The molecular weight excluding hydrogens is 755 g/mol. The summed E-state index contributed by atoms with van der Waals surface area (Å²) in [6.07, 6.45) is 0. The Labute approximate surface area is 309 Å². The predicted octanol–water partition coefficient (Wildman–Crippen LogP) is 12.7. The molecule has 0 fully saturated rings. The molecule has 0 saturated carbocycles. The van der Waals surface area contributed by atoms with Gasteiger partial charge in [-0.2, -0.15) is 0 Å². The van der Waals surface area contributed by atoms with Gasteiger partial charge in [-0.1, -0.05) is 65.2 Å². The van der Waals surface area contributed by atoms with Gasteiger partial charge in [0.1, 0.15) is 28.7 Å². The van der Waals surface area contributed by atoms with Gasteiger partial charge in [-0.05, 0) is 72.8 Å². The highest BCUT2D eigenvalue weighted by atomic mass is 31.3. The zero-order chi connectivity index (χ0) is 37.4. The molecule has 0 N–H and O–H groups in total. The van der Waals surface area contributed by atoms with Gasteiger partial charge in [0.2, 0.25) is 5.75 Å². The molecule has 270 valence electrons. The minimum atomic E-state index is -3.86. The molecule has 0 spiro atoms. The summed E-state index contributed by atoms with van der Waals surface area (Å²) >= 11 is 0. The van der Waals surface area contributed by atoms with E-state index in [-0.39, 0.29) is 48.6 Å². The number of nitro groups is 2. The number of benzene rings is 6. The van der Waals surface area contributed by atoms with E-state index in [4.69, 9.17) is 32.1 Å². The first-order chi connectivity index (χ1) is 26.3. The Bertz CT molecular complexity index is 2380. The molecule has 1 aliphatic rings. The zero-order valence-corrected chi connectivity index (χ0v) is 30.4. The third-order valence-electron chi connectivity index (χ3n) is 7.14. The minimum absolute atomic E-state index is 0.0159. The highest BCUT2D eigenvalue weighted by Gasteiger charge is 2.40. The zero-order valence-electron chi connectivity index (χ0n) is 27.7. The Morgan fingerprint density at radius 3 is 1.39 bits per heavy atom. The van der Waals surface area contributed by atoms with E-state index in [1.54, 1.807) is 91.0 Å². The van der Waals surface area contributed by atoms with E-state index in [2.05, 4.69) is 9.03 Å². The van der Waals surface area contributed by atoms with Crippen molar-refractivity contribution in [3.8, 4) is 46.0 Å². The van der Waals surface area contributed by atoms with Crippen LogP contribution >= 0.6 is 23.8 Å². The summed E-state index contributed by atoms with van der Waals surface area (Å²) in [7, 11) is -7.37. The summed E-state index contributed by atoms with van der Waals surface area (Å²) < 4.78 is 53.0. The maximum atomic E-state index is 11.4. The smallest absolute Gasteiger partial charge is 0.453 e. The molecule has 6 aromatic carbocycles. The second-order valence-electron chi connectivity index (χ2n) is 10.9. The van der Waals surface area contributed by atoms with Gasteiger partial charge in [0, 0.05) is 24.3 Å². The summed E-state index contributed by atoms with van der Waals surface area (Å²) in [6, 6.07) is 42.4. The van der Waals surface area contributed by atoms with Gasteiger partial charge in [-0.15, -0.1) is 9.03 Å². The molecule has 0 saturated heterocycles. The van der Waals surface area contributed by atoms with E-state index in [9.17, 15) is 20.2 Å². The number of nitrogens with zero attached hydrogens (tertiary/aromatic N) is 5. The first-order valence-corrected chi connectivity index (χ1v) is 19.7. The van der Waals surface area contributed by atoms with Crippen molar-refractivity contribution in [3.63, 3.8) is 0 Å². The topological polar surface area (TPSA) is 179 Å². The normalized spacial score (nSPS) is 15.7. The number of hydrogen-bond donors (Lipinski definition) is 0. The first kappa shape index (κ1) is 35.9. The van der Waals surface area contributed by atoms with Crippen LogP contribution in [0.4, 0.5) is 11.4 Å². The molecule has 1 aliphatic heterocycles. The minimum Gasteiger partial charge on any atom is -0.453 e. The largest absolute Gasteiger partial charge is 0.460 e. The lowest BCUT2D eigenvalue weighted by atomic mass is 10.2. The third-order valence-corrected chi connectivity index (χ3v) is 13.2. The molecule has 1 heterocycles. The number of non-ortho nitro benzene ring substituents is 2. The van der Waals surface area contributed by atoms with Crippen molar-refractivity contribution in [1.82, 2.24) is 0 Å². The van der Waals surface area contributed by atoms with Crippen LogP contribution in [0.3, 0.4) is 0 Å². The van der Waals surface area contributed by atoms with Crippen molar-refractivity contribution in [2.75, 3.05) is 0 Å². The molecule has 15 nitrogen and oxygen atoms in total. The second-order valence-corrected chi connectivity index (χ2v) is 16.0. The molecule has 6 aromatic rings. The number of para-hydroxylation sites is 4. The van der Waals surface area contributed by atoms with Crippen LogP contribution in [-0.4, -0.2) is 9.85 Å². The SMILES string of the molecule is O=[N+]([O-])c1ccc(Oc2cccc(OP3(Oc4ccccc4)=NP=NP(Oc4ccccc4)(Oc4ccccc4)=N3)c2Oc2ccc([N+](=O)[O-])cc2)cc1. The van der Waals surface area contributed by atoms with Crippen molar-refractivity contribution in [2.45, 2.75) is 0 Å². The van der Waals surface area contributed by atoms with E-state index in [0.29, 0.717) is 17.2 Å². The average Bonchev–Trinajstić information content (AvgIpc) is 3.17. The van der Waals surface area contributed by atoms with Crippen molar-refractivity contribution in [1.29, 1.82) is 0 Å². The Morgan fingerprint density at radius 2 is 0.907 bits per heavy atom. The number of ether oxygens (including phenoxy) is 2. The van der Waals surface area contributed by atoms with Crippen LogP contribution in [0, 0.1) is 20.2 Å². The van der Waals surface area contributed by atoms with Crippen molar-refractivity contribution < 1.29 is 37.4 Å². The van der Waals surface area contributed by atoms with Crippen molar-refractivity contribution in [3.05, 3.63) is 178 Å². The maximum Gasteiger partial charge on any atom is 0.460 e. The molecule has 0 radical (unpaired) electrons. The van der Waals surface area contributed by atoms with Crippen LogP contribution in [0.1, 0.15) is 0 Å².